The minimum Gasteiger partial charge on any atom is -0.338 e. The lowest BCUT2D eigenvalue weighted by Crippen LogP contribution is -2.39. The molecule has 26 heavy (non-hydrogen) atoms. The quantitative estimate of drug-likeness (QED) is 0.914. The number of carbonyl (C=O) groups is 2. The van der Waals surface area contributed by atoms with Gasteiger partial charge in [0, 0.05) is 31.2 Å². The first-order valence-corrected chi connectivity index (χ1v) is 9.07. The van der Waals surface area contributed by atoms with Crippen molar-refractivity contribution in [1.82, 2.24) is 9.88 Å². The maximum absolute atomic E-state index is 12.7. The van der Waals surface area contributed by atoms with Crippen molar-refractivity contribution in [1.29, 1.82) is 0 Å². The second-order valence-electron chi connectivity index (χ2n) is 7.21. The van der Waals surface area contributed by atoms with Crippen LogP contribution >= 0.6 is 0 Å². The van der Waals surface area contributed by atoms with Crippen LogP contribution in [0.5, 0.6) is 0 Å². The summed E-state index contributed by atoms with van der Waals surface area (Å²) in [6.45, 7) is 7.72. The number of hydrogen-bond donors (Lipinski definition) is 1. The summed E-state index contributed by atoms with van der Waals surface area (Å²) in [5.41, 5.74) is 3.88. The molecule has 1 fully saturated rings. The van der Waals surface area contributed by atoms with E-state index in [-0.39, 0.29) is 11.8 Å². The van der Waals surface area contributed by atoms with Crippen LogP contribution in [0.4, 0.5) is 5.69 Å². The van der Waals surface area contributed by atoms with E-state index < -0.39 is 0 Å². The summed E-state index contributed by atoms with van der Waals surface area (Å²) in [5.74, 6) is 0.198. The fourth-order valence-corrected chi connectivity index (χ4v) is 3.26. The van der Waals surface area contributed by atoms with Gasteiger partial charge in [0.25, 0.3) is 11.8 Å². The normalized spacial score (nSPS) is 17.0. The van der Waals surface area contributed by atoms with Crippen LogP contribution in [0.25, 0.3) is 0 Å². The maximum Gasteiger partial charge on any atom is 0.257 e. The van der Waals surface area contributed by atoms with E-state index in [4.69, 9.17) is 0 Å². The van der Waals surface area contributed by atoms with Crippen LogP contribution in [-0.2, 0) is 0 Å². The van der Waals surface area contributed by atoms with Crippen molar-refractivity contribution >= 4 is 17.5 Å². The summed E-state index contributed by atoms with van der Waals surface area (Å²) in [7, 11) is 0. The molecule has 1 aromatic heterocycles. The van der Waals surface area contributed by atoms with E-state index in [2.05, 4.69) is 17.2 Å². The van der Waals surface area contributed by atoms with Gasteiger partial charge in [-0.1, -0.05) is 13.0 Å². The fraction of sp³-hybridized carbons (Fsp3) is 0.381. The zero-order valence-corrected chi connectivity index (χ0v) is 15.6. The summed E-state index contributed by atoms with van der Waals surface area (Å²) in [5, 5.41) is 2.88. The van der Waals surface area contributed by atoms with Crippen molar-refractivity contribution in [2.45, 2.75) is 33.6 Å². The van der Waals surface area contributed by atoms with E-state index in [1.54, 1.807) is 6.07 Å². The number of aryl methyl sites for hydroxylation is 2. The highest BCUT2D eigenvalue weighted by Crippen LogP contribution is 2.19. The number of amides is 2. The van der Waals surface area contributed by atoms with Gasteiger partial charge in [-0.3, -0.25) is 14.6 Å². The number of rotatable bonds is 3. The fourth-order valence-electron chi connectivity index (χ4n) is 3.26. The molecule has 2 heterocycles. The Kier molecular flexibility index (Phi) is 5.35. The van der Waals surface area contributed by atoms with Crippen LogP contribution < -0.4 is 5.32 Å². The zero-order valence-electron chi connectivity index (χ0n) is 15.6. The molecule has 0 bridgehead atoms. The van der Waals surface area contributed by atoms with Crippen molar-refractivity contribution in [3.63, 3.8) is 0 Å². The summed E-state index contributed by atoms with van der Waals surface area (Å²) >= 11 is 0. The lowest BCUT2D eigenvalue weighted by molar-refractivity contribution is 0.0682. The molecule has 5 nitrogen and oxygen atoms in total. The van der Waals surface area contributed by atoms with E-state index in [1.165, 1.54) is 18.0 Å². The molecular weight excluding hydrogens is 326 g/mol. The monoisotopic (exact) mass is 351 g/mol. The molecule has 0 saturated carbocycles. The van der Waals surface area contributed by atoms with Crippen LogP contribution in [0.2, 0.25) is 0 Å². The van der Waals surface area contributed by atoms with Gasteiger partial charge in [0.2, 0.25) is 0 Å². The average molecular weight is 351 g/mol. The lowest BCUT2D eigenvalue weighted by atomic mass is 9.99. The topological polar surface area (TPSA) is 62.3 Å². The lowest BCUT2D eigenvalue weighted by Gasteiger charge is -2.30. The number of hydrogen-bond acceptors (Lipinski definition) is 3. The molecule has 1 unspecified atom stereocenters. The van der Waals surface area contributed by atoms with Crippen LogP contribution in [0.15, 0.2) is 36.7 Å². The van der Waals surface area contributed by atoms with Crippen LogP contribution in [0.1, 0.15) is 51.6 Å². The molecule has 1 aliphatic heterocycles. The highest BCUT2D eigenvalue weighted by Gasteiger charge is 2.23. The van der Waals surface area contributed by atoms with E-state index >= 15 is 0 Å². The minimum atomic E-state index is -0.262. The molecule has 0 spiro atoms. The van der Waals surface area contributed by atoms with E-state index in [9.17, 15) is 9.59 Å². The van der Waals surface area contributed by atoms with Gasteiger partial charge in [-0.15, -0.1) is 0 Å². The summed E-state index contributed by atoms with van der Waals surface area (Å²) in [6, 6.07) is 7.41. The van der Waals surface area contributed by atoms with Gasteiger partial charge in [0.1, 0.15) is 0 Å². The molecule has 1 aromatic carbocycles. The third-order valence-corrected chi connectivity index (χ3v) is 4.96. The van der Waals surface area contributed by atoms with Crippen molar-refractivity contribution in [2.75, 3.05) is 18.4 Å². The Morgan fingerprint density at radius 2 is 1.88 bits per heavy atom. The number of anilines is 1. The number of aromatic nitrogens is 1. The minimum absolute atomic E-state index is 0.0510. The number of nitrogens with one attached hydrogen (secondary N) is 1. The Hall–Kier alpha value is -2.69. The predicted octanol–water partition coefficient (Wildman–Crippen LogP) is 3.82. The average Bonchev–Trinajstić information content (AvgIpc) is 2.64. The van der Waals surface area contributed by atoms with E-state index in [0.29, 0.717) is 17.0 Å². The standard InChI is InChI=1S/C21H25N3O2/c1-14-5-4-8-24(13-14)21(26)18-10-17(11-22-12-18)20(25)23-19-7-6-15(2)16(3)9-19/h6-7,9-12,14H,4-5,8,13H2,1-3H3,(H,23,25). The van der Waals surface area contributed by atoms with E-state index in [1.807, 2.05) is 36.9 Å². The Morgan fingerprint density at radius 1 is 1.12 bits per heavy atom. The number of nitrogens with zero attached hydrogens (tertiary/aromatic N) is 2. The molecule has 136 valence electrons. The van der Waals surface area contributed by atoms with E-state index in [0.717, 1.165) is 37.2 Å². The Labute approximate surface area is 154 Å². The van der Waals surface area contributed by atoms with Gasteiger partial charge in [0.05, 0.1) is 11.1 Å². The molecule has 1 N–H and O–H groups in total. The first-order chi connectivity index (χ1) is 12.4. The van der Waals surface area contributed by atoms with Crippen molar-refractivity contribution in [2.24, 2.45) is 5.92 Å². The molecule has 1 aliphatic rings. The van der Waals surface area contributed by atoms with Gasteiger partial charge in [-0.05, 0) is 61.9 Å². The highest BCUT2D eigenvalue weighted by molar-refractivity contribution is 6.05. The van der Waals surface area contributed by atoms with Crippen LogP contribution in [0, 0.1) is 19.8 Å². The second-order valence-corrected chi connectivity index (χ2v) is 7.21. The van der Waals surface area contributed by atoms with Gasteiger partial charge in [0.15, 0.2) is 0 Å². The number of likely N-dealkylation sites (tertiary alicyclic amines) is 1. The summed E-state index contributed by atoms with van der Waals surface area (Å²) in [4.78, 5) is 31.2. The van der Waals surface area contributed by atoms with Gasteiger partial charge < -0.3 is 10.2 Å². The van der Waals surface area contributed by atoms with Gasteiger partial charge >= 0.3 is 0 Å². The third kappa shape index (κ3) is 4.10. The number of carbonyl (C=O) groups excluding carboxylic acids is 2. The first kappa shape index (κ1) is 18.1. The molecule has 0 radical (unpaired) electrons. The zero-order chi connectivity index (χ0) is 18.7. The molecule has 2 aromatic rings. The molecule has 2 amide bonds. The SMILES string of the molecule is Cc1ccc(NC(=O)c2cncc(C(=O)N3CCCC(C)C3)c2)cc1C. The van der Waals surface area contributed by atoms with Crippen LogP contribution in [0.3, 0.4) is 0 Å². The predicted molar refractivity (Wildman–Crippen MR) is 102 cm³/mol. The first-order valence-electron chi connectivity index (χ1n) is 9.07. The number of benzene rings is 1. The van der Waals surface area contributed by atoms with Gasteiger partial charge in [-0.2, -0.15) is 0 Å². The van der Waals surface area contributed by atoms with Crippen LogP contribution in [-0.4, -0.2) is 34.8 Å². The highest BCUT2D eigenvalue weighted by atomic mass is 16.2. The molecule has 3 rings (SSSR count). The third-order valence-electron chi connectivity index (χ3n) is 4.96. The molecule has 5 heteroatoms. The molecule has 1 atom stereocenters. The van der Waals surface area contributed by atoms with Crippen molar-refractivity contribution in [3.05, 3.63) is 58.9 Å². The summed E-state index contributed by atoms with van der Waals surface area (Å²) in [6.07, 6.45) is 5.20. The van der Waals surface area contributed by atoms with Gasteiger partial charge in [-0.25, -0.2) is 0 Å². The van der Waals surface area contributed by atoms with Crippen molar-refractivity contribution < 1.29 is 9.59 Å². The second kappa shape index (κ2) is 7.68. The summed E-state index contributed by atoms with van der Waals surface area (Å²) < 4.78 is 0. The molecular formula is C21H25N3O2. The molecule has 0 aliphatic carbocycles. The Morgan fingerprint density at radius 3 is 2.62 bits per heavy atom. The smallest absolute Gasteiger partial charge is 0.257 e. The molecule has 1 saturated heterocycles. The Balaban J connectivity index is 1.74. The van der Waals surface area contributed by atoms with Crippen molar-refractivity contribution in [3.8, 4) is 0 Å². The maximum atomic E-state index is 12.7. The number of piperidine rings is 1. The number of pyridine rings is 1. The largest absolute Gasteiger partial charge is 0.338 e. The Bertz CT molecular complexity index is 832.